The van der Waals surface area contributed by atoms with E-state index >= 15 is 0 Å². The minimum atomic E-state index is -3.04. The van der Waals surface area contributed by atoms with E-state index < -0.39 is 12.6 Å². The summed E-state index contributed by atoms with van der Waals surface area (Å²) in [6.07, 6.45) is 0. The number of esters is 1. The summed E-state index contributed by atoms with van der Waals surface area (Å²) < 4.78 is 33.0. The normalized spacial score (nSPS) is 10.4. The van der Waals surface area contributed by atoms with Gasteiger partial charge in [-0.15, -0.1) is 0 Å². The Morgan fingerprint density at radius 1 is 1.53 bits per heavy atom. The molecule has 0 unspecified atom stereocenters. The van der Waals surface area contributed by atoms with E-state index in [4.69, 9.17) is 22.1 Å². The number of hydrogen-bond acceptors (Lipinski definition) is 4. The molecule has 1 rings (SSSR count). The Hall–Kier alpha value is -1.56. The molecule has 0 saturated heterocycles. The van der Waals surface area contributed by atoms with Crippen LogP contribution in [0.4, 0.5) is 14.5 Å². The van der Waals surface area contributed by atoms with Crippen LogP contribution in [0.25, 0.3) is 0 Å². The Balaban J connectivity index is 3.15. The van der Waals surface area contributed by atoms with Crippen LogP contribution in [0.1, 0.15) is 17.3 Å². The van der Waals surface area contributed by atoms with Gasteiger partial charge < -0.3 is 15.2 Å². The molecule has 17 heavy (non-hydrogen) atoms. The van der Waals surface area contributed by atoms with Crippen LogP contribution in [-0.2, 0) is 4.74 Å². The van der Waals surface area contributed by atoms with E-state index in [0.717, 1.165) is 6.07 Å². The van der Waals surface area contributed by atoms with Crippen molar-refractivity contribution in [3.8, 4) is 5.75 Å². The van der Waals surface area contributed by atoms with E-state index in [1.807, 2.05) is 0 Å². The van der Waals surface area contributed by atoms with Gasteiger partial charge >= 0.3 is 12.6 Å². The first-order chi connectivity index (χ1) is 7.97. The second-order valence-electron chi connectivity index (χ2n) is 2.94. The first-order valence-corrected chi connectivity index (χ1v) is 5.05. The number of rotatable bonds is 4. The zero-order valence-corrected chi connectivity index (χ0v) is 9.63. The number of anilines is 1. The Kier molecular flexibility index (Phi) is 4.51. The molecule has 0 aromatic heterocycles. The lowest BCUT2D eigenvalue weighted by Crippen LogP contribution is -2.11. The van der Waals surface area contributed by atoms with Crippen molar-refractivity contribution < 1.29 is 23.0 Å². The van der Waals surface area contributed by atoms with Crippen molar-refractivity contribution in [2.45, 2.75) is 13.5 Å². The van der Waals surface area contributed by atoms with Crippen molar-refractivity contribution in [1.82, 2.24) is 0 Å². The maximum atomic E-state index is 12.1. The summed E-state index contributed by atoms with van der Waals surface area (Å²) >= 11 is 5.75. The van der Waals surface area contributed by atoms with Gasteiger partial charge in [0.2, 0.25) is 0 Å². The molecule has 0 fully saturated rings. The number of alkyl halides is 2. The average Bonchev–Trinajstić information content (AvgIpc) is 2.22. The largest absolute Gasteiger partial charge is 0.462 e. The molecular weight excluding hydrogens is 256 g/mol. The number of carbonyl (C=O) groups excluding carboxylic acids is 1. The summed E-state index contributed by atoms with van der Waals surface area (Å²) in [4.78, 5) is 11.5. The van der Waals surface area contributed by atoms with Gasteiger partial charge in [-0.2, -0.15) is 8.78 Å². The Morgan fingerprint density at radius 3 is 2.71 bits per heavy atom. The van der Waals surface area contributed by atoms with Gasteiger partial charge in [0.25, 0.3) is 0 Å². The highest BCUT2D eigenvalue weighted by atomic mass is 35.5. The van der Waals surface area contributed by atoms with Gasteiger partial charge in [0, 0.05) is 5.69 Å². The molecule has 0 saturated carbocycles. The molecule has 4 nitrogen and oxygen atoms in total. The molecule has 0 atom stereocenters. The number of carbonyl (C=O) groups is 1. The van der Waals surface area contributed by atoms with Crippen LogP contribution in [-0.4, -0.2) is 19.2 Å². The number of nitrogen functional groups attached to an aromatic ring is 1. The van der Waals surface area contributed by atoms with Crippen molar-refractivity contribution in [2.75, 3.05) is 12.3 Å². The van der Waals surface area contributed by atoms with Crippen LogP contribution in [0.3, 0.4) is 0 Å². The summed E-state index contributed by atoms with van der Waals surface area (Å²) in [5.41, 5.74) is 5.39. The van der Waals surface area contributed by atoms with Crippen molar-refractivity contribution >= 4 is 23.3 Å². The topological polar surface area (TPSA) is 61.5 Å². The quantitative estimate of drug-likeness (QED) is 0.672. The molecule has 0 bridgehead atoms. The molecule has 0 heterocycles. The smallest absolute Gasteiger partial charge is 0.387 e. The minimum Gasteiger partial charge on any atom is -0.462 e. The predicted molar refractivity (Wildman–Crippen MR) is 58.5 cm³/mol. The fourth-order valence-corrected chi connectivity index (χ4v) is 1.46. The standard InChI is InChI=1S/C10H10ClF2NO3/c1-2-16-9(15)7-5(14)3-4-6(8(7)11)17-10(12)13/h3-4,10H,2,14H2,1H3. The predicted octanol–water partition coefficient (Wildman–Crippen LogP) is 2.70. The maximum absolute atomic E-state index is 12.1. The van der Waals surface area contributed by atoms with E-state index in [2.05, 4.69) is 4.74 Å². The van der Waals surface area contributed by atoms with Crippen LogP contribution in [0.15, 0.2) is 12.1 Å². The van der Waals surface area contributed by atoms with Crippen molar-refractivity contribution in [3.05, 3.63) is 22.7 Å². The van der Waals surface area contributed by atoms with E-state index in [1.165, 1.54) is 6.07 Å². The van der Waals surface area contributed by atoms with Crippen molar-refractivity contribution in [1.29, 1.82) is 0 Å². The van der Waals surface area contributed by atoms with Crippen molar-refractivity contribution in [2.24, 2.45) is 0 Å². The molecule has 0 aliphatic heterocycles. The second-order valence-corrected chi connectivity index (χ2v) is 3.32. The van der Waals surface area contributed by atoms with Gasteiger partial charge in [0.1, 0.15) is 11.3 Å². The molecule has 0 amide bonds. The second kappa shape index (κ2) is 5.67. The molecule has 0 aliphatic carbocycles. The molecule has 1 aromatic carbocycles. The molecule has 94 valence electrons. The third kappa shape index (κ3) is 3.20. The summed E-state index contributed by atoms with van der Waals surface area (Å²) in [7, 11) is 0. The summed E-state index contributed by atoms with van der Waals surface area (Å²) in [6.45, 7) is -1.32. The molecule has 0 aliphatic rings. The fourth-order valence-electron chi connectivity index (χ4n) is 1.17. The van der Waals surface area contributed by atoms with Gasteiger partial charge in [0.05, 0.1) is 11.6 Å². The third-order valence-electron chi connectivity index (χ3n) is 1.83. The van der Waals surface area contributed by atoms with Gasteiger partial charge in [-0.05, 0) is 19.1 Å². The number of hydrogen-bond donors (Lipinski definition) is 1. The highest BCUT2D eigenvalue weighted by molar-refractivity contribution is 6.35. The highest BCUT2D eigenvalue weighted by Crippen LogP contribution is 2.33. The molecular formula is C10H10ClF2NO3. The highest BCUT2D eigenvalue weighted by Gasteiger charge is 2.20. The number of halogens is 3. The van der Waals surface area contributed by atoms with Crippen LogP contribution in [0.2, 0.25) is 5.02 Å². The SMILES string of the molecule is CCOC(=O)c1c(N)ccc(OC(F)F)c1Cl. The number of ether oxygens (including phenoxy) is 2. The van der Waals surface area contributed by atoms with Gasteiger partial charge in [-0.25, -0.2) is 4.79 Å². The van der Waals surface area contributed by atoms with E-state index in [0.29, 0.717) is 0 Å². The molecule has 7 heteroatoms. The minimum absolute atomic E-state index is 0.0371. The van der Waals surface area contributed by atoms with E-state index in [1.54, 1.807) is 6.92 Å². The zero-order chi connectivity index (χ0) is 13.0. The fraction of sp³-hybridized carbons (Fsp3) is 0.300. The molecule has 1 aromatic rings. The average molecular weight is 266 g/mol. The lowest BCUT2D eigenvalue weighted by atomic mass is 10.1. The lowest BCUT2D eigenvalue weighted by molar-refractivity contribution is -0.0498. The Bertz CT molecular complexity index is 426. The van der Waals surface area contributed by atoms with E-state index in [-0.39, 0.29) is 28.6 Å². The Labute approximate surface area is 101 Å². The first-order valence-electron chi connectivity index (χ1n) is 4.67. The number of benzene rings is 1. The maximum Gasteiger partial charge on any atom is 0.387 e. The van der Waals surface area contributed by atoms with E-state index in [9.17, 15) is 13.6 Å². The van der Waals surface area contributed by atoms with Crippen LogP contribution in [0.5, 0.6) is 5.75 Å². The third-order valence-corrected chi connectivity index (χ3v) is 2.21. The van der Waals surface area contributed by atoms with Crippen LogP contribution in [0, 0.1) is 0 Å². The van der Waals surface area contributed by atoms with Gasteiger partial charge in [0.15, 0.2) is 0 Å². The summed E-state index contributed by atoms with van der Waals surface area (Å²) in [6, 6.07) is 2.41. The number of nitrogens with two attached hydrogens (primary N) is 1. The zero-order valence-electron chi connectivity index (χ0n) is 8.88. The first kappa shape index (κ1) is 13.5. The van der Waals surface area contributed by atoms with Crippen LogP contribution < -0.4 is 10.5 Å². The molecule has 0 radical (unpaired) electrons. The van der Waals surface area contributed by atoms with Crippen molar-refractivity contribution in [3.63, 3.8) is 0 Å². The molecule has 2 N–H and O–H groups in total. The summed E-state index contributed by atoms with van der Waals surface area (Å²) in [5.74, 6) is -1.10. The monoisotopic (exact) mass is 265 g/mol. The Morgan fingerprint density at radius 2 is 2.18 bits per heavy atom. The lowest BCUT2D eigenvalue weighted by Gasteiger charge is -2.11. The summed E-state index contributed by atoms with van der Waals surface area (Å²) in [5, 5.41) is -0.288. The van der Waals surface area contributed by atoms with Crippen LogP contribution >= 0.6 is 11.6 Å². The van der Waals surface area contributed by atoms with Gasteiger partial charge in [-0.3, -0.25) is 0 Å². The van der Waals surface area contributed by atoms with Gasteiger partial charge in [-0.1, -0.05) is 11.6 Å². The molecule has 0 spiro atoms.